The minimum Gasteiger partial charge on any atom is -0.508 e. The molecule has 0 heterocycles. The predicted molar refractivity (Wildman–Crippen MR) is 114 cm³/mol. The van der Waals surface area contributed by atoms with Crippen LogP contribution in [-0.4, -0.2) is 17.3 Å². The molecule has 4 atom stereocenters. The molecule has 2 fully saturated rings. The molecule has 2 saturated carbocycles. The van der Waals surface area contributed by atoms with Crippen LogP contribution in [0, 0.1) is 17.3 Å². The topological polar surface area (TPSA) is 46.5 Å². The largest absolute Gasteiger partial charge is 0.573 e. The molecule has 3 aliphatic rings. The Hall–Kier alpha value is -2.76. The predicted octanol–water partition coefficient (Wildman–Crippen LogP) is 6.41. The van der Waals surface area contributed by atoms with E-state index in [2.05, 4.69) is 11.7 Å². The van der Waals surface area contributed by atoms with Crippen molar-refractivity contribution in [3.63, 3.8) is 0 Å². The van der Waals surface area contributed by atoms with E-state index in [-0.39, 0.29) is 22.9 Å². The molecule has 2 aromatic carbocycles. The number of alkyl halides is 3. The van der Waals surface area contributed by atoms with Crippen LogP contribution in [0.1, 0.15) is 55.2 Å². The number of Topliss-reactive ketones (excluding diaryl/α,β-unsaturated/α-hetero) is 1. The molecule has 2 aromatic rings. The number of fused-ring (bicyclic) bond motifs is 5. The maximum absolute atomic E-state index is 13.4. The SMILES string of the molecule is C[C@]12CC[C@@H]3c4ccc(O)cc4CC[C@H]3[C@H]1C/C(=C\c1ccc(OC(F)(F)F)cc1)C2=O. The molecule has 3 aliphatic carbocycles. The summed E-state index contributed by atoms with van der Waals surface area (Å²) in [5, 5.41) is 9.84. The molecular formula is C26H25F3O3. The van der Waals surface area contributed by atoms with Gasteiger partial charge in [0.25, 0.3) is 0 Å². The normalized spacial score (nSPS) is 30.6. The zero-order chi connectivity index (χ0) is 22.7. The number of rotatable bonds is 2. The van der Waals surface area contributed by atoms with Gasteiger partial charge in [0.1, 0.15) is 11.5 Å². The number of carbonyl (C=O) groups excluding carboxylic acids is 1. The van der Waals surface area contributed by atoms with Crippen molar-refractivity contribution in [2.24, 2.45) is 17.3 Å². The number of halogens is 3. The van der Waals surface area contributed by atoms with E-state index in [4.69, 9.17) is 0 Å². The quantitative estimate of drug-likeness (QED) is 0.547. The second-order valence-corrected chi connectivity index (χ2v) is 9.57. The Morgan fingerprint density at radius 2 is 1.88 bits per heavy atom. The number of benzene rings is 2. The molecule has 1 N–H and O–H groups in total. The molecule has 32 heavy (non-hydrogen) atoms. The standard InChI is InChI=1S/C26H25F3O3/c1-25-11-10-21-20-9-5-18(30)13-16(20)4-8-22(21)23(25)14-17(24(25)31)12-15-2-6-19(7-3-15)32-26(27,28)29/h2-3,5-7,9,12-13,21-23,30H,4,8,10-11,14H2,1H3/b17-12+/t21-,22-,23-,25+/m1/s1. The highest BCUT2D eigenvalue weighted by atomic mass is 19.4. The first kappa shape index (κ1) is 21.1. The molecule has 0 saturated heterocycles. The molecule has 0 bridgehead atoms. The van der Waals surface area contributed by atoms with E-state index >= 15 is 0 Å². The van der Waals surface area contributed by atoms with Gasteiger partial charge in [-0.3, -0.25) is 4.79 Å². The Labute approximate surface area is 184 Å². The van der Waals surface area contributed by atoms with E-state index in [0.29, 0.717) is 29.6 Å². The molecule has 0 spiro atoms. The summed E-state index contributed by atoms with van der Waals surface area (Å²) in [5.41, 5.74) is 3.61. The van der Waals surface area contributed by atoms with Crippen molar-refractivity contribution in [1.82, 2.24) is 0 Å². The van der Waals surface area contributed by atoms with Crippen LogP contribution in [-0.2, 0) is 11.2 Å². The molecule has 0 aromatic heterocycles. The lowest BCUT2D eigenvalue weighted by Gasteiger charge is -2.48. The Bertz CT molecular complexity index is 1090. The first-order chi connectivity index (χ1) is 15.1. The van der Waals surface area contributed by atoms with Gasteiger partial charge in [0, 0.05) is 5.41 Å². The highest BCUT2D eigenvalue weighted by Gasteiger charge is 2.56. The summed E-state index contributed by atoms with van der Waals surface area (Å²) in [7, 11) is 0. The number of aromatic hydroxyl groups is 1. The van der Waals surface area contributed by atoms with Gasteiger partial charge in [-0.2, -0.15) is 0 Å². The number of phenols is 1. The molecule has 3 nitrogen and oxygen atoms in total. The summed E-state index contributed by atoms with van der Waals surface area (Å²) in [5.74, 6) is 1.29. The first-order valence-electron chi connectivity index (χ1n) is 11.1. The number of aryl methyl sites for hydroxylation is 1. The van der Waals surface area contributed by atoms with E-state index in [1.807, 2.05) is 18.2 Å². The second-order valence-electron chi connectivity index (χ2n) is 9.57. The third-order valence-electron chi connectivity index (χ3n) is 7.80. The van der Waals surface area contributed by atoms with E-state index < -0.39 is 6.36 Å². The third-order valence-corrected chi connectivity index (χ3v) is 7.80. The molecule has 168 valence electrons. The van der Waals surface area contributed by atoms with Gasteiger partial charge in [0.15, 0.2) is 5.78 Å². The van der Waals surface area contributed by atoms with Crippen molar-refractivity contribution in [1.29, 1.82) is 0 Å². The van der Waals surface area contributed by atoms with Gasteiger partial charge in [-0.25, -0.2) is 0 Å². The van der Waals surface area contributed by atoms with Crippen LogP contribution < -0.4 is 4.74 Å². The lowest BCUT2D eigenvalue weighted by molar-refractivity contribution is -0.274. The van der Waals surface area contributed by atoms with Gasteiger partial charge in [-0.1, -0.05) is 25.1 Å². The van der Waals surface area contributed by atoms with E-state index in [1.54, 1.807) is 18.2 Å². The number of phenolic OH excluding ortho intramolecular Hbond substituents is 1. The number of ketones is 1. The molecule has 5 rings (SSSR count). The van der Waals surface area contributed by atoms with Gasteiger partial charge in [-0.05, 0) is 102 Å². The minimum atomic E-state index is -4.72. The zero-order valence-corrected chi connectivity index (χ0v) is 17.8. The number of carbonyl (C=O) groups is 1. The summed E-state index contributed by atoms with van der Waals surface area (Å²) in [6.07, 6.45) is 1.50. The number of hydrogen-bond donors (Lipinski definition) is 1. The van der Waals surface area contributed by atoms with Crippen molar-refractivity contribution in [3.05, 3.63) is 64.7 Å². The van der Waals surface area contributed by atoms with Crippen molar-refractivity contribution in [2.45, 2.75) is 51.3 Å². The fraction of sp³-hybridized carbons (Fsp3) is 0.423. The smallest absolute Gasteiger partial charge is 0.508 e. The lowest BCUT2D eigenvalue weighted by atomic mass is 9.55. The van der Waals surface area contributed by atoms with Crippen LogP contribution in [0.25, 0.3) is 6.08 Å². The van der Waals surface area contributed by atoms with E-state index in [9.17, 15) is 23.1 Å². The third kappa shape index (κ3) is 3.59. The maximum Gasteiger partial charge on any atom is 0.573 e. The Morgan fingerprint density at radius 1 is 1.12 bits per heavy atom. The monoisotopic (exact) mass is 442 g/mol. The summed E-state index contributed by atoms with van der Waals surface area (Å²) in [6.45, 7) is 2.09. The highest BCUT2D eigenvalue weighted by Crippen LogP contribution is 2.60. The van der Waals surface area contributed by atoms with Crippen LogP contribution in [0.15, 0.2) is 48.0 Å². The molecule has 0 radical (unpaired) electrons. The van der Waals surface area contributed by atoms with Crippen molar-refractivity contribution in [3.8, 4) is 11.5 Å². The first-order valence-corrected chi connectivity index (χ1v) is 11.1. The van der Waals surface area contributed by atoms with Gasteiger partial charge < -0.3 is 9.84 Å². The van der Waals surface area contributed by atoms with Gasteiger partial charge in [-0.15, -0.1) is 13.2 Å². The number of allylic oxidation sites excluding steroid dienone is 1. The Morgan fingerprint density at radius 3 is 2.59 bits per heavy atom. The fourth-order valence-electron chi connectivity index (χ4n) is 6.34. The summed E-state index contributed by atoms with van der Waals surface area (Å²) in [6, 6.07) is 11.3. The summed E-state index contributed by atoms with van der Waals surface area (Å²) < 4.78 is 41.1. The molecule has 6 heteroatoms. The van der Waals surface area contributed by atoms with Crippen LogP contribution in [0.5, 0.6) is 11.5 Å². The van der Waals surface area contributed by atoms with Crippen LogP contribution >= 0.6 is 0 Å². The van der Waals surface area contributed by atoms with Crippen LogP contribution in [0.4, 0.5) is 13.2 Å². The van der Waals surface area contributed by atoms with Crippen LogP contribution in [0.2, 0.25) is 0 Å². The molecule has 0 unspecified atom stereocenters. The minimum absolute atomic E-state index is 0.174. The molecule has 0 amide bonds. The Kier molecular flexibility index (Phi) is 4.88. The van der Waals surface area contributed by atoms with Gasteiger partial charge in [0.2, 0.25) is 0 Å². The van der Waals surface area contributed by atoms with Crippen molar-refractivity contribution in [2.75, 3.05) is 0 Å². The highest BCUT2D eigenvalue weighted by molar-refractivity contribution is 6.06. The number of hydrogen-bond acceptors (Lipinski definition) is 3. The Balaban J connectivity index is 1.40. The van der Waals surface area contributed by atoms with Crippen LogP contribution in [0.3, 0.4) is 0 Å². The van der Waals surface area contributed by atoms with E-state index in [1.165, 1.54) is 23.3 Å². The second kappa shape index (κ2) is 7.39. The molecular weight excluding hydrogens is 417 g/mol. The van der Waals surface area contributed by atoms with Crippen molar-refractivity contribution < 1.29 is 27.8 Å². The van der Waals surface area contributed by atoms with Crippen molar-refractivity contribution >= 4 is 11.9 Å². The average molecular weight is 442 g/mol. The lowest BCUT2D eigenvalue weighted by Crippen LogP contribution is -2.42. The maximum atomic E-state index is 13.4. The zero-order valence-electron chi connectivity index (χ0n) is 17.8. The summed E-state index contributed by atoms with van der Waals surface area (Å²) in [4.78, 5) is 13.4. The average Bonchev–Trinajstić information content (AvgIpc) is 2.98. The number of ether oxygens (including phenoxy) is 1. The van der Waals surface area contributed by atoms with Gasteiger partial charge in [0.05, 0.1) is 0 Å². The summed E-state index contributed by atoms with van der Waals surface area (Å²) >= 11 is 0. The van der Waals surface area contributed by atoms with Gasteiger partial charge >= 0.3 is 6.36 Å². The molecule has 0 aliphatic heterocycles. The fourth-order valence-corrected chi connectivity index (χ4v) is 6.34. The van der Waals surface area contributed by atoms with E-state index in [0.717, 1.165) is 31.3 Å².